The fourth-order valence-electron chi connectivity index (χ4n) is 2.34. The van der Waals surface area contributed by atoms with Crippen molar-refractivity contribution in [2.24, 2.45) is 0 Å². The van der Waals surface area contributed by atoms with Crippen molar-refractivity contribution in [2.45, 2.75) is 58.0 Å². The average Bonchev–Trinajstić information content (AvgIpc) is 2.57. The van der Waals surface area contributed by atoms with Crippen LogP contribution in [-0.4, -0.2) is 46.4 Å². The first-order chi connectivity index (χ1) is 12.4. The first kappa shape index (κ1) is 21.9. The number of benzene rings is 1. The van der Waals surface area contributed by atoms with E-state index in [2.05, 4.69) is 33.9 Å². The molecule has 1 aliphatic rings. The number of rotatable bonds is 5. The molecular weight excluding hydrogens is 386 g/mol. The van der Waals surface area contributed by atoms with Crippen molar-refractivity contribution in [3.05, 3.63) is 35.9 Å². The molecule has 27 heavy (non-hydrogen) atoms. The van der Waals surface area contributed by atoms with E-state index >= 15 is 0 Å². The molecular formula is C18H29NO6SSi. The standard InChI is InChI=1S/C18H29NO6SSi/c1-18(2,3)27(4,5)25-14-16-11-12-24-26(21,22)19(16)17(20)23-13-15-9-7-6-8-10-15/h6-10,16H,11-14H2,1-5H3. The van der Waals surface area contributed by atoms with Gasteiger partial charge in [0.1, 0.15) is 6.61 Å². The highest BCUT2D eigenvalue weighted by Gasteiger charge is 2.43. The molecule has 0 aliphatic carbocycles. The lowest BCUT2D eigenvalue weighted by atomic mass is 10.2. The van der Waals surface area contributed by atoms with E-state index in [0.29, 0.717) is 10.7 Å². The molecule has 1 aromatic rings. The lowest BCUT2D eigenvalue weighted by Gasteiger charge is -2.39. The van der Waals surface area contributed by atoms with Crippen molar-refractivity contribution in [3.8, 4) is 0 Å². The fourth-order valence-corrected chi connectivity index (χ4v) is 4.57. The summed E-state index contributed by atoms with van der Waals surface area (Å²) in [5, 5.41) is -0.0182. The summed E-state index contributed by atoms with van der Waals surface area (Å²) in [6, 6.07) is 8.45. The molecule has 1 aliphatic heterocycles. The van der Waals surface area contributed by atoms with Crippen LogP contribution >= 0.6 is 0 Å². The Kier molecular flexibility index (Phi) is 6.72. The van der Waals surface area contributed by atoms with E-state index in [1.54, 1.807) is 12.1 Å². The highest BCUT2D eigenvalue weighted by Crippen LogP contribution is 2.37. The van der Waals surface area contributed by atoms with Gasteiger partial charge in [-0.25, -0.2) is 4.79 Å². The lowest BCUT2D eigenvalue weighted by molar-refractivity contribution is 0.0741. The quantitative estimate of drug-likeness (QED) is 0.682. The van der Waals surface area contributed by atoms with Crippen molar-refractivity contribution < 1.29 is 26.6 Å². The molecule has 7 nitrogen and oxygen atoms in total. The van der Waals surface area contributed by atoms with Gasteiger partial charge in [0.15, 0.2) is 8.32 Å². The van der Waals surface area contributed by atoms with Gasteiger partial charge in [-0.2, -0.15) is 12.7 Å². The largest absolute Gasteiger partial charge is 0.444 e. The van der Waals surface area contributed by atoms with Crippen LogP contribution in [0.4, 0.5) is 4.79 Å². The molecule has 0 bridgehead atoms. The van der Waals surface area contributed by atoms with Gasteiger partial charge in [-0.05, 0) is 30.1 Å². The van der Waals surface area contributed by atoms with E-state index in [1.165, 1.54) is 0 Å². The summed E-state index contributed by atoms with van der Waals surface area (Å²) in [6.45, 7) is 10.6. The van der Waals surface area contributed by atoms with Gasteiger partial charge in [0.25, 0.3) is 0 Å². The fraction of sp³-hybridized carbons (Fsp3) is 0.611. The van der Waals surface area contributed by atoms with Crippen molar-refractivity contribution in [2.75, 3.05) is 13.2 Å². The van der Waals surface area contributed by atoms with Gasteiger partial charge in [0, 0.05) is 0 Å². The minimum atomic E-state index is -4.19. The number of ether oxygens (including phenoxy) is 1. The maximum Gasteiger partial charge on any atom is 0.426 e. The van der Waals surface area contributed by atoms with E-state index in [4.69, 9.17) is 13.3 Å². The molecule has 1 saturated heterocycles. The zero-order chi connectivity index (χ0) is 20.3. The third-order valence-electron chi connectivity index (χ3n) is 5.08. The Bertz CT molecular complexity index is 745. The maximum atomic E-state index is 12.5. The van der Waals surface area contributed by atoms with Crippen molar-refractivity contribution >= 4 is 24.7 Å². The second kappa shape index (κ2) is 8.30. The molecule has 0 spiro atoms. The van der Waals surface area contributed by atoms with Crippen molar-refractivity contribution in [3.63, 3.8) is 0 Å². The molecule has 2 rings (SSSR count). The van der Waals surface area contributed by atoms with Crippen LogP contribution in [0.5, 0.6) is 0 Å². The Morgan fingerprint density at radius 1 is 1.26 bits per heavy atom. The summed E-state index contributed by atoms with van der Waals surface area (Å²) in [5.74, 6) is 0. The van der Waals surface area contributed by atoms with E-state index in [-0.39, 0.29) is 24.9 Å². The second-order valence-corrected chi connectivity index (χ2v) is 14.4. The predicted octanol–water partition coefficient (Wildman–Crippen LogP) is 3.68. The third kappa shape index (κ3) is 5.53. The van der Waals surface area contributed by atoms with Crippen LogP contribution in [0.1, 0.15) is 32.8 Å². The van der Waals surface area contributed by atoms with Crippen molar-refractivity contribution in [1.29, 1.82) is 0 Å². The highest BCUT2D eigenvalue weighted by atomic mass is 32.2. The summed E-state index contributed by atoms with van der Waals surface area (Å²) in [7, 11) is -6.27. The molecule has 1 atom stereocenters. The molecule has 152 valence electrons. The summed E-state index contributed by atoms with van der Waals surface area (Å²) in [4.78, 5) is 12.5. The van der Waals surface area contributed by atoms with Crippen LogP contribution in [0.2, 0.25) is 18.1 Å². The third-order valence-corrected chi connectivity index (χ3v) is 11.0. The Balaban J connectivity index is 2.09. The first-order valence-corrected chi connectivity index (χ1v) is 13.2. The van der Waals surface area contributed by atoms with E-state index in [1.807, 2.05) is 18.2 Å². The molecule has 0 radical (unpaired) electrons. The predicted molar refractivity (Wildman–Crippen MR) is 105 cm³/mol. The number of hydrogen-bond acceptors (Lipinski definition) is 6. The van der Waals surface area contributed by atoms with Crippen LogP contribution in [0.3, 0.4) is 0 Å². The van der Waals surface area contributed by atoms with Gasteiger partial charge in [-0.15, -0.1) is 0 Å². The lowest BCUT2D eigenvalue weighted by Crippen LogP contribution is -2.53. The summed E-state index contributed by atoms with van der Waals surface area (Å²) in [6.07, 6.45) is -0.573. The maximum absolute atomic E-state index is 12.5. The number of carbonyl (C=O) groups is 1. The highest BCUT2D eigenvalue weighted by molar-refractivity contribution is 7.85. The molecule has 1 unspecified atom stereocenters. The molecule has 1 fully saturated rings. The number of nitrogens with zero attached hydrogens (tertiary/aromatic N) is 1. The normalized spacial score (nSPS) is 20.3. The Hall–Kier alpha value is -1.42. The number of amides is 1. The van der Waals surface area contributed by atoms with Gasteiger partial charge in [0.05, 0.1) is 19.3 Å². The Morgan fingerprint density at radius 2 is 1.89 bits per heavy atom. The molecule has 0 saturated carbocycles. The van der Waals surface area contributed by atoms with Gasteiger partial charge >= 0.3 is 16.4 Å². The summed E-state index contributed by atoms with van der Waals surface area (Å²) < 4.78 is 41.5. The van der Waals surface area contributed by atoms with Gasteiger partial charge in [-0.3, -0.25) is 4.18 Å². The van der Waals surface area contributed by atoms with Gasteiger partial charge < -0.3 is 9.16 Å². The van der Waals surface area contributed by atoms with Gasteiger partial charge in [-0.1, -0.05) is 51.1 Å². The van der Waals surface area contributed by atoms with Crippen LogP contribution in [0.15, 0.2) is 30.3 Å². The summed E-state index contributed by atoms with van der Waals surface area (Å²) in [5.41, 5.74) is 0.773. The van der Waals surface area contributed by atoms with E-state index in [0.717, 1.165) is 5.56 Å². The van der Waals surface area contributed by atoms with Gasteiger partial charge in [0.2, 0.25) is 0 Å². The zero-order valence-corrected chi connectivity index (χ0v) is 18.4. The van der Waals surface area contributed by atoms with E-state index in [9.17, 15) is 13.2 Å². The SMILES string of the molecule is CC(C)(C)[Si](C)(C)OCC1CCOS(=O)(=O)N1C(=O)OCc1ccccc1. The first-order valence-electron chi connectivity index (χ1n) is 8.97. The molecule has 0 aromatic heterocycles. The molecule has 1 aromatic carbocycles. The molecule has 1 amide bonds. The smallest absolute Gasteiger partial charge is 0.426 e. The van der Waals surface area contributed by atoms with Crippen LogP contribution in [0.25, 0.3) is 0 Å². The second-order valence-electron chi connectivity index (χ2n) is 8.13. The summed E-state index contributed by atoms with van der Waals surface area (Å²) >= 11 is 0. The zero-order valence-electron chi connectivity index (χ0n) is 16.6. The molecule has 0 N–H and O–H groups in total. The Morgan fingerprint density at radius 3 is 2.48 bits per heavy atom. The topological polar surface area (TPSA) is 82.1 Å². The number of carbonyl (C=O) groups excluding carboxylic acids is 1. The van der Waals surface area contributed by atoms with Crippen LogP contribution in [0, 0.1) is 0 Å². The molecule has 9 heteroatoms. The van der Waals surface area contributed by atoms with E-state index < -0.39 is 30.8 Å². The minimum absolute atomic E-state index is 0.0124. The monoisotopic (exact) mass is 415 g/mol. The Labute approximate surface area is 163 Å². The minimum Gasteiger partial charge on any atom is -0.444 e. The van der Waals surface area contributed by atoms with Crippen LogP contribution in [-0.2, 0) is 30.3 Å². The van der Waals surface area contributed by atoms with Crippen molar-refractivity contribution in [1.82, 2.24) is 4.31 Å². The van der Waals surface area contributed by atoms with Crippen LogP contribution < -0.4 is 0 Å². The average molecular weight is 416 g/mol. The molecule has 1 heterocycles. The number of hydrogen-bond donors (Lipinski definition) is 0.